The average Bonchev–Trinajstić information content (AvgIpc) is 2.45. The van der Waals surface area contributed by atoms with Crippen molar-refractivity contribution in [3.05, 3.63) is 34.9 Å². The highest BCUT2D eigenvalue weighted by Gasteiger charge is 2.25. The number of nitrogens with one attached hydrogen (secondary N) is 1. The normalized spacial score (nSPS) is 13.7. The van der Waals surface area contributed by atoms with E-state index in [1.807, 2.05) is 26.8 Å². The number of benzene rings is 1. The first-order chi connectivity index (χ1) is 9.88. The van der Waals surface area contributed by atoms with Crippen molar-refractivity contribution in [3.8, 4) is 0 Å². The van der Waals surface area contributed by atoms with E-state index >= 15 is 0 Å². The van der Waals surface area contributed by atoms with Gasteiger partial charge in [0.25, 0.3) is 0 Å². The predicted molar refractivity (Wildman–Crippen MR) is 80.6 cm³/mol. The van der Waals surface area contributed by atoms with Gasteiger partial charge in [-0.2, -0.15) is 0 Å². The first kappa shape index (κ1) is 17.3. The van der Waals surface area contributed by atoms with Crippen molar-refractivity contribution in [2.45, 2.75) is 45.7 Å². The lowest BCUT2D eigenvalue weighted by atomic mass is 9.97. The van der Waals surface area contributed by atoms with Crippen molar-refractivity contribution < 1.29 is 19.8 Å². The standard InChI is InChI=1S/C16H23NO4/c1-4-13(9-18)17-14(8-15(19)20)16(21)12-6-5-10(2)11(3)7-12/h5-7,13-14,17-18H,4,8-9H2,1-3H3,(H,19,20). The summed E-state index contributed by atoms with van der Waals surface area (Å²) in [6.07, 6.45) is 0.315. The van der Waals surface area contributed by atoms with Crippen LogP contribution in [-0.2, 0) is 4.79 Å². The Labute approximate surface area is 125 Å². The number of carboxylic acid groups (broad SMARTS) is 1. The summed E-state index contributed by atoms with van der Waals surface area (Å²) in [4.78, 5) is 23.5. The van der Waals surface area contributed by atoms with E-state index in [1.54, 1.807) is 12.1 Å². The summed E-state index contributed by atoms with van der Waals surface area (Å²) in [6, 6.07) is 4.21. The van der Waals surface area contributed by atoms with Crippen LogP contribution < -0.4 is 5.32 Å². The molecule has 0 saturated heterocycles. The minimum atomic E-state index is -1.04. The van der Waals surface area contributed by atoms with E-state index in [1.165, 1.54) is 0 Å². The Hall–Kier alpha value is -1.72. The lowest BCUT2D eigenvalue weighted by Crippen LogP contribution is -2.46. The number of ketones is 1. The van der Waals surface area contributed by atoms with E-state index in [2.05, 4.69) is 5.32 Å². The van der Waals surface area contributed by atoms with Gasteiger partial charge in [-0.05, 0) is 37.5 Å². The molecule has 0 amide bonds. The zero-order valence-electron chi connectivity index (χ0n) is 12.7. The smallest absolute Gasteiger partial charge is 0.305 e. The van der Waals surface area contributed by atoms with E-state index in [-0.39, 0.29) is 24.9 Å². The van der Waals surface area contributed by atoms with Gasteiger partial charge in [-0.3, -0.25) is 9.59 Å². The summed E-state index contributed by atoms with van der Waals surface area (Å²) in [5.41, 5.74) is 2.56. The fraction of sp³-hybridized carbons (Fsp3) is 0.500. The number of carbonyl (C=O) groups is 2. The molecule has 116 valence electrons. The van der Waals surface area contributed by atoms with Crippen molar-refractivity contribution in [2.24, 2.45) is 0 Å². The third kappa shape index (κ3) is 4.95. The molecular formula is C16H23NO4. The maximum absolute atomic E-state index is 12.5. The maximum Gasteiger partial charge on any atom is 0.305 e. The van der Waals surface area contributed by atoms with Crippen molar-refractivity contribution in [1.82, 2.24) is 5.32 Å². The summed E-state index contributed by atoms with van der Waals surface area (Å²) in [5, 5.41) is 21.1. The SMILES string of the molecule is CCC(CO)NC(CC(=O)O)C(=O)c1ccc(C)c(C)c1. The number of hydrogen-bond acceptors (Lipinski definition) is 4. The molecule has 1 rings (SSSR count). The number of carboxylic acids is 1. The molecule has 0 aliphatic rings. The average molecular weight is 293 g/mol. The third-order valence-electron chi connectivity index (χ3n) is 3.64. The van der Waals surface area contributed by atoms with Gasteiger partial charge in [-0.15, -0.1) is 0 Å². The Morgan fingerprint density at radius 2 is 1.90 bits per heavy atom. The Bertz CT molecular complexity index is 509. The third-order valence-corrected chi connectivity index (χ3v) is 3.64. The number of hydrogen-bond donors (Lipinski definition) is 3. The molecule has 0 aliphatic carbocycles. The molecule has 3 N–H and O–H groups in total. The topological polar surface area (TPSA) is 86.6 Å². The number of rotatable bonds is 8. The van der Waals surface area contributed by atoms with Crippen LogP contribution in [0.2, 0.25) is 0 Å². The summed E-state index contributed by atoms with van der Waals surface area (Å²) in [6.45, 7) is 5.60. The lowest BCUT2D eigenvalue weighted by Gasteiger charge is -2.22. The summed E-state index contributed by atoms with van der Waals surface area (Å²) in [5.74, 6) is -1.30. The van der Waals surface area contributed by atoms with Crippen LogP contribution in [0, 0.1) is 13.8 Å². The van der Waals surface area contributed by atoms with Crippen molar-refractivity contribution in [2.75, 3.05) is 6.61 Å². The van der Waals surface area contributed by atoms with Gasteiger partial charge in [0.05, 0.1) is 19.1 Å². The molecule has 0 aliphatic heterocycles. The van der Waals surface area contributed by atoms with Gasteiger partial charge in [-0.1, -0.05) is 19.1 Å². The zero-order chi connectivity index (χ0) is 16.0. The number of aliphatic carboxylic acids is 1. The quantitative estimate of drug-likeness (QED) is 0.635. The molecule has 0 fully saturated rings. The molecule has 0 heterocycles. The Kier molecular flexibility index (Phi) is 6.52. The largest absolute Gasteiger partial charge is 0.481 e. The number of carbonyl (C=O) groups excluding carboxylic acids is 1. The summed E-state index contributed by atoms with van der Waals surface area (Å²) < 4.78 is 0. The maximum atomic E-state index is 12.5. The number of aliphatic hydroxyl groups is 1. The number of aryl methyl sites for hydroxylation is 2. The highest BCUT2D eigenvalue weighted by Crippen LogP contribution is 2.13. The second-order valence-electron chi connectivity index (χ2n) is 5.27. The molecule has 0 radical (unpaired) electrons. The van der Waals surface area contributed by atoms with Crippen LogP contribution in [-0.4, -0.2) is 40.7 Å². The molecule has 2 atom stereocenters. The molecule has 0 saturated carbocycles. The van der Waals surface area contributed by atoms with Gasteiger partial charge < -0.3 is 15.5 Å². The molecular weight excluding hydrogens is 270 g/mol. The fourth-order valence-corrected chi connectivity index (χ4v) is 2.08. The molecule has 0 bridgehead atoms. The zero-order valence-corrected chi connectivity index (χ0v) is 12.7. The van der Waals surface area contributed by atoms with Gasteiger partial charge in [0.2, 0.25) is 0 Å². The van der Waals surface area contributed by atoms with Crippen molar-refractivity contribution >= 4 is 11.8 Å². The van der Waals surface area contributed by atoms with Crippen LogP contribution >= 0.6 is 0 Å². The highest BCUT2D eigenvalue weighted by atomic mass is 16.4. The van der Waals surface area contributed by atoms with Crippen molar-refractivity contribution in [3.63, 3.8) is 0 Å². The van der Waals surface area contributed by atoms with Gasteiger partial charge in [0, 0.05) is 11.6 Å². The van der Waals surface area contributed by atoms with E-state index in [0.717, 1.165) is 11.1 Å². The molecule has 5 heteroatoms. The van der Waals surface area contributed by atoms with E-state index in [0.29, 0.717) is 12.0 Å². The van der Waals surface area contributed by atoms with E-state index in [9.17, 15) is 14.7 Å². The minimum absolute atomic E-state index is 0.132. The summed E-state index contributed by atoms with van der Waals surface area (Å²) >= 11 is 0. The Morgan fingerprint density at radius 3 is 2.38 bits per heavy atom. The van der Waals surface area contributed by atoms with Crippen LogP contribution in [0.3, 0.4) is 0 Å². The molecule has 1 aromatic carbocycles. The van der Waals surface area contributed by atoms with Gasteiger partial charge in [-0.25, -0.2) is 0 Å². The van der Waals surface area contributed by atoms with Crippen LogP contribution in [0.5, 0.6) is 0 Å². The Morgan fingerprint density at radius 1 is 1.24 bits per heavy atom. The van der Waals surface area contributed by atoms with E-state index in [4.69, 9.17) is 5.11 Å². The number of Topliss-reactive ketones (excluding diaryl/α,β-unsaturated/α-hetero) is 1. The van der Waals surface area contributed by atoms with Crippen LogP contribution in [0.15, 0.2) is 18.2 Å². The Balaban J connectivity index is 2.97. The lowest BCUT2D eigenvalue weighted by molar-refractivity contribution is -0.137. The predicted octanol–water partition coefficient (Wildman–Crippen LogP) is 1.69. The molecule has 0 spiro atoms. The molecule has 2 unspecified atom stereocenters. The van der Waals surface area contributed by atoms with Crippen LogP contribution in [0.25, 0.3) is 0 Å². The second-order valence-corrected chi connectivity index (χ2v) is 5.27. The van der Waals surface area contributed by atoms with Gasteiger partial charge >= 0.3 is 5.97 Å². The first-order valence-corrected chi connectivity index (χ1v) is 7.09. The highest BCUT2D eigenvalue weighted by molar-refractivity contribution is 6.01. The molecule has 1 aromatic rings. The van der Waals surface area contributed by atoms with Crippen LogP contribution in [0.1, 0.15) is 41.3 Å². The fourth-order valence-electron chi connectivity index (χ4n) is 2.08. The van der Waals surface area contributed by atoms with Gasteiger partial charge in [0.15, 0.2) is 5.78 Å². The summed E-state index contributed by atoms with van der Waals surface area (Å²) in [7, 11) is 0. The second kappa shape index (κ2) is 7.90. The van der Waals surface area contributed by atoms with Crippen molar-refractivity contribution in [1.29, 1.82) is 0 Å². The molecule has 5 nitrogen and oxygen atoms in total. The molecule has 0 aromatic heterocycles. The van der Waals surface area contributed by atoms with Crippen LogP contribution in [0.4, 0.5) is 0 Å². The van der Waals surface area contributed by atoms with Gasteiger partial charge in [0.1, 0.15) is 0 Å². The monoisotopic (exact) mass is 293 g/mol. The van der Waals surface area contributed by atoms with E-state index < -0.39 is 12.0 Å². The minimum Gasteiger partial charge on any atom is -0.481 e. The number of aliphatic hydroxyl groups excluding tert-OH is 1. The molecule has 21 heavy (non-hydrogen) atoms. The first-order valence-electron chi connectivity index (χ1n) is 7.09.